The lowest BCUT2D eigenvalue weighted by Crippen LogP contribution is -2.48. The summed E-state index contributed by atoms with van der Waals surface area (Å²) in [6.07, 6.45) is -2.37. The molecule has 0 fully saturated rings. The molecule has 9 heteroatoms. The number of carbonyl (C=O) groups excluding carboxylic acids is 1. The number of hydrogen-bond donors (Lipinski definition) is 2. The zero-order valence-corrected chi connectivity index (χ0v) is 11.2. The van der Waals surface area contributed by atoms with Crippen LogP contribution < -0.4 is 5.32 Å². The lowest BCUT2D eigenvalue weighted by atomic mass is 10.3. The summed E-state index contributed by atoms with van der Waals surface area (Å²) < 4.78 is 43.4. The van der Waals surface area contributed by atoms with Gasteiger partial charge in [-0.2, -0.15) is 0 Å². The summed E-state index contributed by atoms with van der Waals surface area (Å²) in [6, 6.07) is 0. The van der Waals surface area contributed by atoms with E-state index in [1.165, 1.54) is 0 Å². The summed E-state index contributed by atoms with van der Waals surface area (Å²) in [4.78, 5) is 9.98. The summed E-state index contributed by atoms with van der Waals surface area (Å²) in [6.45, 7) is 0.744. The fraction of sp³-hybridized carbons (Fsp3) is 0.889. The first kappa shape index (κ1) is 17.2. The second-order valence-corrected chi connectivity index (χ2v) is 6.22. The summed E-state index contributed by atoms with van der Waals surface area (Å²) >= 11 is 0. The van der Waals surface area contributed by atoms with E-state index in [0.717, 1.165) is 0 Å². The number of nitrogens with zero attached hydrogens (tertiary/aromatic N) is 1. The van der Waals surface area contributed by atoms with Crippen LogP contribution >= 0.6 is 0 Å². The third-order valence-corrected chi connectivity index (χ3v) is 3.10. The first-order valence-electron chi connectivity index (χ1n) is 5.39. The highest BCUT2D eigenvalue weighted by molar-refractivity contribution is 7.85. The molecule has 2 N–H and O–H groups in total. The Morgan fingerprint density at radius 3 is 2.50 bits per heavy atom. The Morgan fingerprint density at radius 2 is 2.06 bits per heavy atom. The Bertz CT molecular complexity index is 371. The van der Waals surface area contributed by atoms with Gasteiger partial charge in [0.05, 0.1) is 36.5 Å². The molecule has 0 radical (unpaired) electrons. The molecule has 0 bridgehead atoms. The van der Waals surface area contributed by atoms with Crippen LogP contribution in [0.25, 0.3) is 0 Å². The number of amides is 1. The SMILES string of the molecule is C[N+](C)(CCCNC(=O)F)CC(O)CS(=O)(=O)[O-]. The molecule has 0 aliphatic carbocycles. The highest BCUT2D eigenvalue weighted by Crippen LogP contribution is 2.03. The zero-order chi connectivity index (χ0) is 14.4. The van der Waals surface area contributed by atoms with Gasteiger partial charge in [0.15, 0.2) is 0 Å². The highest BCUT2D eigenvalue weighted by Gasteiger charge is 2.21. The van der Waals surface area contributed by atoms with Gasteiger partial charge in [-0.15, -0.1) is 4.39 Å². The van der Waals surface area contributed by atoms with Crippen molar-refractivity contribution in [3.63, 3.8) is 0 Å². The molecule has 0 aromatic carbocycles. The number of hydrogen-bond acceptors (Lipinski definition) is 5. The van der Waals surface area contributed by atoms with Gasteiger partial charge in [-0.1, -0.05) is 0 Å². The molecule has 0 saturated heterocycles. The van der Waals surface area contributed by atoms with Gasteiger partial charge < -0.3 is 19.5 Å². The van der Waals surface area contributed by atoms with Crippen LogP contribution in [0.15, 0.2) is 0 Å². The average molecular weight is 286 g/mol. The first-order valence-corrected chi connectivity index (χ1v) is 6.96. The molecule has 18 heavy (non-hydrogen) atoms. The molecule has 0 spiro atoms. The molecule has 1 atom stereocenters. The lowest BCUT2D eigenvalue weighted by Gasteiger charge is -2.32. The Hall–Kier alpha value is -0.770. The predicted octanol–water partition coefficient (Wildman–Crippen LogP) is -0.962. The van der Waals surface area contributed by atoms with E-state index in [2.05, 4.69) is 0 Å². The number of likely N-dealkylation sites (N-methyl/N-ethyl adjacent to an activating group) is 1. The molecule has 7 nitrogen and oxygen atoms in total. The normalized spacial score (nSPS) is 14.3. The molecular formula is C9H19FN2O5S. The number of quaternary nitrogens is 1. The van der Waals surface area contributed by atoms with E-state index in [4.69, 9.17) is 0 Å². The maximum Gasteiger partial charge on any atom is 0.397 e. The van der Waals surface area contributed by atoms with Crippen molar-refractivity contribution < 1.29 is 31.7 Å². The van der Waals surface area contributed by atoms with E-state index >= 15 is 0 Å². The summed E-state index contributed by atoms with van der Waals surface area (Å²) in [5.41, 5.74) is 0. The van der Waals surface area contributed by atoms with Gasteiger partial charge in [-0.05, 0) is 0 Å². The topological polar surface area (TPSA) is 107 Å². The van der Waals surface area contributed by atoms with Gasteiger partial charge >= 0.3 is 6.16 Å². The smallest absolute Gasteiger partial charge is 0.397 e. The molecule has 0 rings (SSSR count). The fourth-order valence-electron chi connectivity index (χ4n) is 1.64. The quantitative estimate of drug-likeness (QED) is 0.196. The first-order chi connectivity index (χ1) is 8.02. The van der Waals surface area contributed by atoms with Crippen molar-refractivity contribution in [2.24, 2.45) is 0 Å². The molecular weight excluding hydrogens is 267 g/mol. The third-order valence-electron chi connectivity index (χ3n) is 2.31. The van der Waals surface area contributed by atoms with Crippen LogP contribution in [0.2, 0.25) is 0 Å². The van der Waals surface area contributed by atoms with Crippen LogP contribution in [-0.2, 0) is 10.1 Å². The van der Waals surface area contributed by atoms with Crippen LogP contribution in [0.5, 0.6) is 0 Å². The van der Waals surface area contributed by atoms with Gasteiger partial charge in [0.25, 0.3) is 0 Å². The molecule has 1 amide bonds. The fourth-order valence-corrected chi connectivity index (χ4v) is 2.22. The Balaban J connectivity index is 4.02. The molecule has 0 heterocycles. The minimum atomic E-state index is -4.45. The zero-order valence-electron chi connectivity index (χ0n) is 10.4. The third kappa shape index (κ3) is 10.4. The number of halogens is 1. The summed E-state index contributed by atoms with van der Waals surface area (Å²) in [5, 5.41) is 11.4. The Morgan fingerprint density at radius 1 is 1.50 bits per heavy atom. The standard InChI is InChI=1S/C9H19FN2O5S/c1-12(2,5-3-4-11-9(10)14)6-8(13)7-18(15,16)17/h8,13H,3-7H2,1-2H3,(H-,11,14,15,16,17). The average Bonchev–Trinajstić information content (AvgIpc) is 2.07. The van der Waals surface area contributed by atoms with Crippen LogP contribution in [0.1, 0.15) is 6.42 Å². The number of nitrogens with one attached hydrogen (secondary N) is 1. The van der Waals surface area contributed by atoms with Crippen LogP contribution in [0, 0.1) is 0 Å². The second-order valence-electron chi connectivity index (χ2n) is 4.77. The minimum Gasteiger partial charge on any atom is -0.748 e. The Labute approximate surface area is 106 Å². The molecule has 0 aromatic heterocycles. The van der Waals surface area contributed by atoms with Crippen molar-refractivity contribution in [2.45, 2.75) is 12.5 Å². The van der Waals surface area contributed by atoms with Gasteiger partial charge in [-0.25, -0.2) is 13.2 Å². The van der Waals surface area contributed by atoms with E-state index in [9.17, 15) is 27.3 Å². The molecule has 0 aliphatic heterocycles. The van der Waals surface area contributed by atoms with E-state index in [1.54, 1.807) is 14.1 Å². The van der Waals surface area contributed by atoms with E-state index in [0.29, 0.717) is 13.0 Å². The van der Waals surface area contributed by atoms with Crippen LogP contribution in [0.4, 0.5) is 9.18 Å². The second kappa shape index (κ2) is 6.98. The lowest BCUT2D eigenvalue weighted by molar-refractivity contribution is -0.893. The molecule has 0 aliphatic rings. The Kier molecular flexibility index (Phi) is 6.68. The number of aliphatic hydroxyl groups excluding tert-OH is 1. The van der Waals surface area contributed by atoms with Gasteiger partial charge in [0.1, 0.15) is 12.6 Å². The van der Waals surface area contributed by atoms with Gasteiger partial charge in [-0.3, -0.25) is 0 Å². The van der Waals surface area contributed by atoms with Crippen molar-refractivity contribution >= 4 is 16.3 Å². The molecule has 0 aromatic rings. The number of aliphatic hydroxyl groups is 1. The van der Waals surface area contributed by atoms with Crippen LogP contribution in [0.3, 0.4) is 0 Å². The maximum atomic E-state index is 11.8. The van der Waals surface area contributed by atoms with Crippen molar-refractivity contribution in [1.82, 2.24) is 5.32 Å². The van der Waals surface area contributed by atoms with Gasteiger partial charge in [0.2, 0.25) is 0 Å². The van der Waals surface area contributed by atoms with Crippen molar-refractivity contribution in [1.29, 1.82) is 0 Å². The van der Waals surface area contributed by atoms with Crippen molar-refractivity contribution in [3.8, 4) is 0 Å². The van der Waals surface area contributed by atoms with Gasteiger partial charge in [0, 0.05) is 13.0 Å². The van der Waals surface area contributed by atoms with Crippen molar-refractivity contribution in [3.05, 3.63) is 0 Å². The van der Waals surface area contributed by atoms with Crippen molar-refractivity contribution in [2.75, 3.05) is 39.5 Å². The predicted molar refractivity (Wildman–Crippen MR) is 61.5 cm³/mol. The molecule has 0 saturated carbocycles. The number of rotatable bonds is 8. The van der Waals surface area contributed by atoms with E-state index in [1.807, 2.05) is 5.32 Å². The number of carbonyl (C=O) groups is 1. The minimum absolute atomic E-state index is 0.0883. The largest absolute Gasteiger partial charge is 0.748 e. The summed E-state index contributed by atoms with van der Waals surface area (Å²) in [5.74, 6) is -0.824. The summed E-state index contributed by atoms with van der Waals surface area (Å²) in [7, 11) is -0.981. The van der Waals surface area contributed by atoms with Crippen LogP contribution in [-0.4, -0.2) is 74.3 Å². The monoisotopic (exact) mass is 286 g/mol. The van der Waals surface area contributed by atoms with E-state index < -0.39 is 28.1 Å². The molecule has 1 unspecified atom stereocenters. The maximum absolute atomic E-state index is 11.8. The highest BCUT2D eigenvalue weighted by atomic mass is 32.2. The molecule has 108 valence electrons. The van der Waals surface area contributed by atoms with E-state index in [-0.39, 0.29) is 17.6 Å².